The normalized spacial score (nSPS) is 11.4. The van der Waals surface area contributed by atoms with E-state index < -0.39 is 17.9 Å². The van der Waals surface area contributed by atoms with Crippen LogP contribution in [-0.4, -0.2) is 29.7 Å². The van der Waals surface area contributed by atoms with Gasteiger partial charge in [0.2, 0.25) is 0 Å². The van der Waals surface area contributed by atoms with Gasteiger partial charge in [-0.25, -0.2) is 4.79 Å². The number of hydrogen-bond acceptors (Lipinski definition) is 6. The Kier molecular flexibility index (Phi) is 6.82. The van der Waals surface area contributed by atoms with Gasteiger partial charge < -0.3 is 25.6 Å². The van der Waals surface area contributed by atoms with E-state index >= 15 is 0 Å². The Morgan fingerprint density at radius 1 is 1.18 bits per heavy atom. The molecule has 4 N–H and O–H groups in total. The van der Waals surface area contributed by atoms with E-state index in [9.17, 15) is 14.7 Å². The average molecular weight is 383 g/mol. The Morgan fingerprint density at radius 3 is 2.39 bits per heavy atom. The van der Waals surface area contributed by atoms with Crippen molar-refractivity contribution >= 4 is 17.6 Å². The molecule has 8 heteroatoms. The number of carboxylic acid groups (broad SMARTS) is 1. The van der Waals surface area contributed by atoms with E-state index in [2.05, 4.69) is 5.32 Å². The van der Waals surface area contributed by atoms with Crippen molar-refractivity contribution in [3.8, 4) is 17.6 Å². The van der Waals surface area contributed by atoms with Crippen LogP contribution < -0.4 is 20.5 Å². The summed E-state index contributed by atoms with van der Waals surface area (Å²) < 4.78 is 11.0. The zero-order valence-electron chi connectivity index (χ0n) is 15.5. The molecule has 2 rings (SSSR count). The molecule has 0 aliphatic carbocycles. The summed E-state index contributed by atoms with van der Waals surface area (Å²) in [4.78, 5) is 22.9. The Balaban J connectivity index is 2.33. The van der Waals surface area contributed by atoms with E-state index in [1.54, 1.807) is 36.4 Å². The second kappa shape index (κ2) is 9.28. The number of ether oxygens (including phenoxy) is 2. The van der Waals surface area contributed by atoms with E-state index in [-0.39, 0.29) is 18.5 Å². The highest BCUT2D eigenvalue weighted by molar-refractivity contribution is 5.80. The number of nitriles is 1. The molecule has 0 heterocycles. The molecular weight excluding hydrogens is 362 g/mol. The largest absolute Gasteiger partial charge is 0.487 e. The number of carbonyl (C=O) groups is 2. The van der Waals surface area contributed by atoms with Crippen LogP contribution in [0.25, 0.3) is 0 Å². The Hall–Kier alpha value is -3.73. The van der Waals surface area contributed by atoms with Crippen LogP contribution in [0.2, 0.25) is 0 Å². The summed E-state index contributed by atoms with van der Waals surface area (Å²) >= 11 is 0. The maximum Gasteiger partial charge on any atom is 0.330 e. The first-order valence-electron chi connectivity index (χ1n) is 8.51. The number of nitrogens with two attached hydrogens (primary N) is 1. The van der Waals surface area contributed by atoms with Crippen LogP contribution in [-0.2, 0) is 9.59 Å². The SMILES string of the molecule is CC(C)Oc1ccc(C(Nc2ccc(C#N)cc2)C(=O)O)cc1OCC(N)=O. The Bertz CT molecular complexity index is 888. The van der Waals surface area contributed by atoms with Gasteiger partial charge in [0, 0.05) is 5.69 Å². The van der Waals surface area contributed by atoms with Crippen molar-refractivity contribution in [2.75, 3.05) is 11.9 Å². The fraction of sp³-hybridized carbons (Fsp3) is 0.250. The number of carbonyl (C=O) groups excluding carboxylic acids is 1. The monoisotopic (exact) mass is 383 g/mol. The molecule has 2 aromatic rings. The molecule has 1 atom stereocenters. The third-order valence-electron chi connectivity index (χ3n) is 3.61. The first-order chi connectivity index (χ1) is 13.3. The first kappa shape index (κ1) is 20.6. The molecule has 0 saturated carbocycles. The smallest absolute Gasteiger partial charge is 0.330 e. The number of aliphatic carboxylic acids is 1. The van der Waals surface area contributed by atoms with E-state index in [1.165, 1.54) is 6.07 Å². The fourth-order valence-electron chi connectivity index (χ4n) is 2.41. The van der Waals surface area contributed by atoms with Crippen LogP contribution in [0.3, 0.4) is 0 Å². The van der Waals surface area contributed by atoms with Crippen LogP contribution >= 0.6 is 0 Å². The van der Waals surface area contributed by atoms with E-state index in [1.807, 2.05) is 19.9 Å². The van der Waals surface area contributed by atoms with E-state index in [0.717, 1.165) is 0 Å². The van der Waals surface area contributed by atoms with Gasteiger partial charge in [0.25, 0.3) is 5.91 Å². The van der Waals surface area contributed by atoms with E-state index in [0.29, 0.717) is 22.6 Å². The van der Waals surface area contributed by atoms with Crippen molar-refractivity contribution in [2.45, 2.75) is 26.0 Å². The van der Waals surface area contributed by atoms with Gasteiger partial charge in [-0.15, -0.1) is 0 Å². The molecule has 0 spiro atoms. The van der Waals surface area contributed by atoms with Crippen molar-refractivity contribution in [3.05, 3.63) is 53.6 Å². The van der Waals surface area contributed by atoms with Crippen LogP contribution in [0.5, 0.6) is 11.5 Å². The molecule has 0 fully saturated rings. The minimum atomic E-state index is -1.11. The third kappa shape index (κ3) is 5.64. The van der Waals surface area contributed by atoms with Crippen LogP contribution in [0.4, 0.5) is 5.69 Å². The number of benzene rings is 2. The maximum atomic E-state index is 11.8. The van der Waals surface area contributed by atoms with Crippen LogP contribution in [0, 0.1) is 11.3 Å². The van der Waals surface area contributed by atoms with E-state index in [4.69, 9.17) is 20.5 Å². The number of amides is 1. The number of nitrogens with zero attached hydrogens (tertiary/aromatic N) is 1. The van der Waals surface area contributed by atoms with Gasteiger partial charge in [0.15, 0.2) is 24.1 Å². The lowest BCUT2D eigenvalue weighted by molar-refractivity contribution is -0.138. The summed E-state index contributed by atoms with van der Waals surface area (Å²) in [7, 11) is 0. The molecule has 1 unspecified atom stereocenters. The highest BCUT2D eigenvalue weighted by atomic mass is 16.5. The van der Waals surface area contributed by atoms with Crippen LogP contribution in [0.1, 0.15) is 31.0 Å². The molecule has 146 valence electrons. The zero-order valence-corrected chi connectivity index (χ0v) is 15.5. The number of nitrogens with one attached hydrogen (secondary N) is 1. The van der Waals surface area contributed by atoms with Gasteiger partial charge >= 0.3 is 5.97 Å². The van der Waals surface area contributed by atoms with Crippen LogP contribution in [0.15, 0.2) is 42.5 Å². The molecule has 0 radical (unpaired) electrons. The molecule has 28 heavy (non-hydrogen) atoms. The summed E-state index contributed by atoms with van der Waals surface area (Å²) in [6, 6.07) is 12.0. The van der Waals surface area contributed by atoms with Gasteiger partial charge in [-0.2, -0.15) is 5.26 Å². The number of anilines is 1. The van der Waals surface area contributed by atoms with Gasteiger partial charge in [-0.05, 0) is 55.8 Å². The van der Waals surface area contributed by atoms with Crippen molar-refractivity contribution in [2.24, 2.45) is 5.73 Å². The quantitative estimate of drug-likeness (QED) is 0.605. The van der Waals surface area contributed by atoms with Crippen molar-refractivity contribution < 1.29 is 24.2 Å². The number of hydrogen-bond donors (Lipinski definition) is 3. The number of rotatable bonds is 9. The number of carboxylic acids is 1. The lowest BCUT2D eigenvalue weighted by atomic mass is 10.1. The zero-order chi connectivity index (χ0) is 20.7. The Labute approximate surface area is 162 Å². The van der Waals surface area contributed by atoms with Crippen molar-refractivity contribution in [1.82, 2.24) is 0 Å². The predicted octanol–water partition coefficient (Wildman–Crippen LogP) is 2.45. The molecule has 0 aliphatic heterocycles. The molecule has 2 aromatic carbocycles. The standard InChI is InChI=1S/C20H21N3O5/c1-12(2)28-16-8-5-14(9-17(16)27-11-18(22)24)19(20(25)26)23-15-6-3-13(10-21)4-7-15/h3-9,12,19,23H,11H2,1-2H3,(H2,22,24)(H,25,26). The maximum absolute atomic E-state index is 11.8. The minimum absolute atomic E-state index is 0.145. The summed E-state index contributed by atoms with van der Waals surface area (Å²) in [5.41, 5.74) is 6.53. The van der Waals surface area contributed by atoms with Gasteiger partial charge in [0.1, 0.15) is 0 Å². The second-order valence-electron chi connectivity index (χ2n) is 6.23. The lowest BCUT2D eigenvalue weighted by Gasteiger charge is -2.19. The summed E-state index contributed by atoms with van der Waals surface area (Å²) in [5.74, 6) is -1.17. The summed E-state index contributed by atoms with van der Waals surface area (Å²) in [5, 5.41) is 21.4. The predicted molar refractivity (Wildman–Crippen MR) is 102 cm³/mol. The topological polar surface area (TPSA) is 135 Å². The second-order valence-corrected chi connectivity index (χ2v) is 6.23. The Morgan fingerprint density at radius 2 is 1.86 bits per heavy atom. The molecule has 0 aromatic heterocycles. The molecule has 0 saturated heterocycles. The van der Waals surface area contributed by atoms with Crippen molar-refractivity contribution in [1.29, 1.82) is 5.26 Å². The molecule has 1 amide bonds. The van der Waals surface area contributed by atoms with Gasteiger partial charge in [0.05, 0.1) is 17.7 Å². The minimum Gasteiger partial charge on any atom is -0.487 e. The molecule has 0 aliphatic rings. The fourth-order valence-corrected chi connectivity index (χ4v) is 2.41. The highest BCUT2D eigenvalue weighted by Gasteiger charge is 2.22. The molecule has 0 bridgehead atoms. The lowest BCUT2D eigenvalue weighted by Crippen LogP contribution is -2.22. The summed E-state index contributed by atoms with van der Waals surface area (Å²) in [6.45, 7) is 3.30. The summed E-state index contributed by atoms with van der Waals surface area (Å²) in [6.07, 6.45) is -0.145. The first-order valence-corrected chi connectivity index (χ1v) is 8.51. The highest BCUT2D eigenvalue weighted by Crippen LogP contribution is 2.32. The third-order valence-corrected chi connectivity index (χ3v) is 3.61. The number of primary amides is 1. The van der Waals surface area contributed by atoms with Gasteiger partial charge in [-0.1, -0.05) is 6.07 Å². The molecular formula is C20H21N3O5. The average Bonchev–Trinajstić information content (AvgIpc) is 2.65. The molecule has 8 nitrogen and oxygen atoms in total. The van der Waals surface area contributed by atoms with Gasteiger partial charge in [-0.3, -0.25) is 4.79 Å². The van der Waals surface area contributed by atoms with Crippen molar-refractivity contribution in [3.63, 3.8) is 0 Å².